The minimum absolute atomic E-state index is 0.0336. The molecule has 3 fully saturated rings. The summed E-state index contributed by atoms with van der Waals surface area (Å²) in [5.74, 6) is -6.52. The molecule has 1 aromatic heterocycles. The van der Waals surface area contributed by atoms with E-state index in [1.54, 1.807) is 0 Å². The van der Waals surface area contributed by atoms with E-state index in [0.29, 0.717) is 18.9 Å². The molecular formula is C42H54F2N4O7. The van der Waals surface area contributed by atoms with Crippen molar-refractivity contribution >= 4 is 34.9 Å². The lowest BCUT2D eigenvalue weighted by molar-refractivity contribution is -0.147. The summed E-state index contributed by atoms with van der Waals surface area (Å²) in [6, 6.07) is 0.908. The number of hydrogen-bond donors (Lipinski definition) is 1. The average molecular weight is 765 g/mol. The van der Waals surface area contributed by atoms with Crippen LogP contribution >= 0.6 is 0 Å². The van der Waals surface area contributed by atoms with E-state index < -0.39 is 76.2 Å². The van der Waals surface area contributed by atoms with Crippen LogP contribution in [0.4, 0.5) is 8.78 Å². The molecule has 1 aromatic carbocycles. The SMILES string of the molecule is CCC[C@H](CC(=O)[C@@H]1C[C@@H](Oc2ccc(F)cc2F)CN1C(=O)[C@@H](CC(=O)[C@@H](NC(=O)c1cnccn1)C1CCCCC1)C(C)(C)C)C(=O)C(=O)CC1CC1. The van der Waals surface area contributed by atoms with Gasteiger partial charge >= 0.3 is 0 Å². The number of nitrogens with zero attached hydrogens (tertiary/aromatic N) is 3. The Kier molecular flexibility index (Phi) is 14.0. The maximum atomic E-state index is 14.8. The minimum Gasteiger partial charge on any atom is -0.485 e. The Morgan fingerprint density at radius 3 is 2.33 bits per heavy atom. The zero-order chi connectivity index (χ0) is 39.9. The number of aromatic nitrogens is 2. The molecule has 2 heterocycles. The number of amides is 2. The number of ether oxygens (including phenoxy) is 1. The molecule has 298 valence electrons. The molecule has 0 bridgehead atoms. The van der Waals surface area contributed by atoms with Gasteiger partial charge in [-0.15, -0.1) is 0 Å². The number of ketones is 4. The third kappa shape index (κ3) is 11.1. The molecule has 0 spiro atoms. The van der Waals surface area contributed by atoms with E-state index in [2.05, 4.69) is 15.3 Å². The van der Waals surface area contributed by atoms with Gasteiger partial charge in [-0.05, 0) is 61.5 Å². The van der Waals surface area contributed by atoms with Crippen LogP contribution in [0.1, 0.15) is 122 Å². The quantitative estimate of drug-likeness (QED) is 0.170. The fourth-order valence-corrected chi connectivity index (χ4v) is 8.00. The smallest absolute Gasteiger partial charge is 0.272 e. The molecular weight excluding hydrogens is 710 g/mol. The Balaban J connectivity index is 1.41. The predicted molar refractivity (Wildman–Crippen MR) is 199 cm³/mol. The molecule has 2 aromatic rings. The number of likely N-dealkylation sites (tertiary alicyclic amines) is 1. The van der Waals surface area contributed by atoms with E-state index in [1.807, 2.05) is 27.7 Å². The van der Waals surface area contributed by atoms with Crippen molar-refractivity contribution in [3.63, 3.8) is 0 Å². The van der Waals surface area contributed by atoms with Gasteiger partial charge in [-0.2, -0.15) is 0 Å². The van der Waals surface area contributed by atoms with Gasteiger partial charge in [0.25, 0.3) is 5.91 Å². The van der Waals surface area contributed by atoms with Crippen LogP contribution in [0.15, 0.2) is 36.8 Å². The highest BCUT2D eigenvalue weighted by Crippen LogP contribution is 2.37. The molecule has 3 aliphatic rings. The fourth-order valence-electron chi connectivity index (χ4n) is 8.00. The summed E-state index contributed by atoms with van der Waals surface area (Å²) in [6.45, 7) is 7.21. The maximum absolute atomic E-state index is 14.8. The van der Waals surface area contributed by atoms with E-state index in [0.717, 1.165) is 57.1 Å². The first-order chi connectivity index (χ1) is 26.2. The number of nitrogens with one attached hydrogen (secondary N) is 1. The van der Waals surface area contributed by atoms with Crippen LogP contribution in [-0.2, 0) is 24.0 Å². The van der Waals surface area contributed by atoms with E-state index in [9.17, 15) is 37.5 Å². The second-order valence-electron chi connectivity index (χ2n) is 16.7. The summed E-state index contributed by atoms with van der Waals surface area (Å²) in [5, 5.41) is 2.90. The summed E-state index contributed by atoms with van der Waals surface area (Å²) >= 11 is 0. The number of carbonyl (C=O) groups excluding carboxylic acids is 6. The maximum Gasteiger partial charge on any atom is 0.272 e. The summed E-state index contributed by atoms with van der Waals surface area (Å²) in [4.78, 5) is 92.2. The van der Waals surface area contributed by atoms with Gasteiger partial charge < -0.3 is 15.0 Å². The molecule has 0 unspecified atom stereocenters. The van der Waals surface area contributed by atoms with E-state index in [-0.39, 0.29) is 61.3 Å². The molecule has 5 atom stereocenters. The summed E-state index contributed by atoms with van der Waals surface area (Å²) < 4.78 is 34.4. The van der Waals surface area contributed by atoms with Gasteiger partial charge in [0.05, 0.1) is 24.8 Å². The lowest BCUT2D eigenvalue weighted by Gasteiger charge is -2.36. The van der Waals surface area contributed by atoms with Crippen molar-refractivity contribution in [1.82, 2.24) is 20.2 Å². The van der Waals surface area contributed by atoms with Crippen LogP contribution in [0.2, 0.25) is 0 Å². The normalized spacial score (nSPS) is 20.7. The number of hydrogen-bond acceptors (Lipinski definition) is 9. The zero-order valence-corrected chi connectivity index (χ0v) is 32.4. The van der Waals surface area contributed by atoms with E-state index in [1.165, 1.54) is 23.5 Å². The number of carbonyl (C=O) groups is 6. The summed E-state index contributed by atoms with van der Waals surface area (Å²) in [7, 11) is 0. The topological polar surface area (TPSA) is 153 Å². The standard InChI is InChI=1S/C42H54F2N4O7/c1-5-9-27(39(52)36(51)18-25-12-13-25)19-34(49)33-21-29(55-37-15-14-28(43)20-31(37)44)24-48(33)41(54)30(42(2,3)4)22-35(50)38(26-10-7-6-8-11-26)47-40(53)32-23-45-16-17-46-32/h14-17,20,23,25-27,29-30,33,38H,5-13,18-19,21-22,24H2,1-4H3,(H,47,53)/t27-,29-,30-,33+,38+/m1/s1. The van der Waals surface area contributed by atoms with Gasteiger partial charge in [-0.25, -0.2) is 13.8 Å². The lowest BCUT2D eigenvalue weighted by atomic mass is 9.74. The average Bonchev–Trinajstić information content (AvgIpc) is 3.87. The first-order valence-electron chi connectivity index (χ1n) is 19.8. The second kappa shape index (κ2) is 18.5. The highest BCUT2D eigenvalue weighted by molar-refractivity contribution is 6.38. The molecule has 1 aliphatic heterocycles. The monoisotopic (exact) mass is 764 g/mol. The van der Waals surface area contributed by atoms with Gasteiger partial charge in [0, 0.05) is 56.0 Å². The van der Waals surface area contributed by atoms with Crippen molar-refractivity contribution < 1.29 is 42.3 Å². The van der Waals surface area contributed by atoms with Crippen molar-refractivity contribution in [2.24, 2.45) is 29.1 Å². The van der Waals surface area contributed by atoms with Gasteiger partial charge in [0.2, 0.25) is 11.7 Å². The minimum atomic E-state index is -1.09. The zero-order valence-electron chi connectivity index (χ0n) is 32.4. The Labute approximate surface area is 321 Å². The Morgan fingerprint density at radius 2 is 1.71 bits per heavy atom. The third-order valence-corrected chi connectivity index (χ3v) is 11.3. The first kappa shape index (κ1) is 41.7. The molecule has 13 heteroatoms. The number of benzene rings is 1. The molecule has 2 saturated carbocycles. The van der Waals surface area contributed by atoms with Gasteiger partial charge in [0.15, 0.2) is 28.9 Å². The molecule has 11 nitrogen and oxygen atoms in total. The first-order valence-corrected chi connectivity index (χ1v) is 19.8. The lowest BCUT2D eigenvalue weighted by Crippen LogP contribution is -2.51. The molecule has 1 N–H and O–H groups in total. The van der Waals surface area contributed by atoms with Crippen molar-refractivity contribution in [2.75, 3.05) is 6.54 Å². The van der Waals surface area contributed by atoms with E-state index in [4.69, 9.17) is 4.74 Å². The Hall–Kier alpha value is -4.42. The highest BCUT2D eigenvalue weighted by Gasteiger charge is 2.47. The number of rotatable bonds is 18. The molecule has 1 saturated heterocycles. The van der Waals surface area contributed by atoms with Crippen molar-refractivity contribution in [2.45, 2.75) is 129 Å². The van der Waals surface area contributed by atoms with Crippen LogP contribution in [0.25, 0.3) is 0 Å². The second-order valence-corrected chi connectivity index (χ2v) is 16.7. The number of Topliss-reactive ketones (excluding diaryl/α,β-unsaturated/α-hetero) is 4. The Morgan fingerprint density at radius 1 is 0.982 bits per heavy atom. The molecule has 55 heavy (non-hydrogen) atoms. The van der Waals surface area contributed by atoms with Crippen molar-refractivity contribution in [3.8, 4) is 5.75 Å². The van der Waals surface area contributed by atoms with Crippen LogP contribution in [0, 0.1) is 40.7 Å². The van der Waals surface area contributed by atoms with Crippen LogP contribution in [0.3, 0.4) is 0 Å². The van der Waals surface area contributed by atoms with E-state index >= 15 is 0 Å². The molecule has 0 radical (unpaired) electrons. The molecule has 2 amide bonds. The summed E-state index contributed by atoms with van der Waals surface area (Å²) in [5.41, 5.74) is -0.722. The van der Waals surface area contributed by atoms with Crippen molar-refractivity contribution in [3.05, 3.63) is 54.1 Å². The van der Waals surface area contributed by atoms with Crippen molar-refractivity contribution in [1.29, 1.82) is 0 Å². The number of halogens is 2. The molecule has 5 rings (SSSR count). The largest absolute Gasteiger partial charge is 0.485 e. The Bertz CT molecular complexity index is 1720. The highest BCUT2D eigenvalue weighted by atomic mass is 19.1. The van der Waals surface area contributed by atoms with Gasteiger partial charge in [-0.1, -0.05) is 53.4 Å². The van der Waals surface area contributed by atoms with Gasteiger partial charge in [-0.3, -0.25) is 33.8 Å². The summed E-state index contributed by atoms with van der Waals surface area (Å²) in [6.07, 6.45) is 9.91. The predicted octanol–water partition coefficient (Wildman–Crippen LogP) is 6.42. The van der Waals surface area contributed by atoms with Gasteiger partial charge in [0.1, 0.15) is 17.6 Å². The molecule has 2 aliphatic carbocycles. The van der Waals surface area contributed by atoms with Crippen LogP contribution in [-0.4, -0.2) is 74.5 Å². The third-order valence-electron chi connectivity index (χ3n) is 11.3. The fraction of sp³-hybridized carbons (Fsp3) is 0.619. The van der Waals surface area contributed by atoms with Crippen LogP contribution in [0.5, 0.6) is 5.75 Å². The van der Waals surface area contributed by atoms with Crippen LogP contribution < -0.4 is 10.1 Å².